The van der Waals surface area contributed by atoms with Crippen LogP contribution in [-0.2, 0) is 5.60 Å². The Hall–Kier alpha value is -1.12. The fraction of sp³-hybridized carbons (Fsp3) is 0.200. The fourth-order valence-electron chi connectivity index (χ4n) is 1.94. The maximum atomic E-state index is 10.7. The first-order chi connectivity index (χ1) is 8.03. The second kappa shape index (κ2) is 4.63. The predicted molar refractivity (Wildman–Crippen MR) is 74.0 cm³/mol. The average Bonchev–Trinajstić information content (AvgIpc) is 2.33. The molecule has 1 N–H and O–H groups in total. The molecule has 2 aromatic rings. The van der Waals surface area contributed by atoms with Gasteiger partial charge in [-0.1, -0.05) is 64.5 Å². The van der Waals surface area contributed by atoms with Crippen LogP contribution in [0.2, 0.25) is 0 Å². The van der Waals surface area contributed by atoms with E-state index in [1.54, 1.807) is 0 Å². The number of aryl methyl sites for hydroxylation is 1. The molecule has 2 heteroatoms. The lowest BCUT2D eigenvalue weighted by Gasteiger charge is -2.26. The molecule has 0 heterocycles. The van der Waals surface area contributed by atoms with Gasteiger partial charge in [-0.3, -0.25) is 0 Å². The third-order valence-electron chi connectivity index (χ3n) is 3.05. The second-order valence-corrected chi connectivity index (χ2v) is 5.17. The van der Waals surface area contributed by atoms with Gasteiger partial charge >= 0.3 is 0 Å². The van der Waals surface area contributed by atoms with Crippen molar-refractivity contribution in [3.8, 4) is 0 Å². The smallest absolute Gasteiger partial charge is 0.113 e. The minimum absolute atomic E-state index is 0.892. The summed E-state index contributed by atoms with van der Waals surface area (Å²) in [5.74, 6) is 0. The molecule has 0 aliphatic rings. The van der Waals surface area contributed by atoms with Crippen LogP contribution in [0.4, 0.5) is 0 Å². The fourth-order valence-corrected chi connectivity index (χ4v) is 2.59. The molecule has 1 nitrogen and oxygen atoms in total. The maximum Gasteiger partial charge on any atom is 0.113 e. The molecular formula is C15H15BrO. The van der Waals surface area contributed by atoms with Gasteiger partial charge in [0.1, 0.15) is 5.60 Å². The summed E-state index contributed by atoms with van der Waals surface area (Å²) < 4.78 is 0.967. The van der Waals surface area contributed by atoms with Gasteiger partial charge in [-0.15, -0.1) is 0 Å². The van der Waals surface area contributed by atoms with Crippen molar-refractivity contribution in [1.82, 2.24) is 0 Å². The summed E-state index contributed by atoms with van der Waals surface area (Å²) in [6.45, 7) is 3.84. The van der Waals surface area contributed by atoms with Crippen LogP contribution in [0.15, 0.2) is 53.0 Å². The Balaban J connectivity index is 2.56. The molecule has 0 bridgehead atoms. The highest BCUT2D eigenvalue weighted by molar-refractivity contribution is 9.10. The van der Waals surface area contributed by atoms with Gasteiger partial charge in [-0.2, -0.15) is 0 Å². The molecule has 0 unspecified atom stereocenters. The lowest BCUT2D eigenvalue weighted by molar-refractivity contribution is 0.101. The Morgan fingerprint density at radius 1 is 1.00 bits per heavy atom. The summed E-state index contributed by atoms with van der Waals surface area (Å²) in [5, 5.41) is 10.7. The molecule has 17 heavy (non-hydrogen) atoms. The zero-order valence-electron chi connectivity index (χ0n) is 9.94. The average molecular weight is 291 g/mol. The Morgan fingerprint density at radius 2 is 1.65 bits per heavy atom. The van der Waals surface area contributed by atoms with Crippen molar-refractivity contribution in [3.63, 3.8) is 0 Å². The first-order valence-corrected chi connectivity index (χ1v) is 6.36. The van der Waals surface area contributed by atoms with Crippen molar-refractivity contribution in [2.24, 2.45) is 0 Å². The first-order valence-electron chi connectivity index (χ1n) is 5.57. The number of hydrogen-bond donors (Lipinski definition) is 1. The molecule has 1 atom stereocenters. The molecule has 0 saturated carbocycles. The number of benzene rings is 2. The molecule has 0 saturated heterocycles. The lowest BCUT2D eigenvalue weighted by atomic mass is 9.87. The summed E-state index contributed by atoms with van der Waals surface area (Å²) in [4.78, 5) is 0. The van der Waals surface area contributed by atoms with Crippen LogP contribution in [0, 0.1) is 6.92 Å². The van der Waals surface area contributed by atoms with E-state index in [0.29, 0.717) is 0 Å². The Morgan fingerprint density at radius 3 is 2.29 bits per heavy atom. The number of rotatable bonds is 2. The van der Waals surface area contributed by atoms with Crippen LogP contribution >= 0.6 is 15.9 Å². The number of aliphatic hydroxyl groups is 1. The van der Waals surface area contributed by atoms with Crippen molar-refractivity contribution < 1.29 is 5.11 Å². The summed E-state index contributed by atoms with van der Waals surface area (Å²) in [7, 11) is 0. The van der Waals surface area contributed by atoms with Gasteiger partial charge in [0.05, 0.1) is 0 Å². The minimum atomic E-state index is -0.980. The molecule has 0 fully saturated rings. The highest BCUT2D eigenvalue weighted by atomic mass is 79.9. The van der Waals surface area contributed by atoms with Crippen LogP contribution in [-0.4, -0.2) is 5.11 Å². The van der Waals surface area contributed by atoms with Gasteiger partial charge in [0, 0.05) is 10.0 Å². The summed E-state index contributed by atoms with van der Waals surface area (Å²) in [5.41, 5.74) is 1.93. The van der Waals surface area contributed by atoms with Gasteiger partial charge < -0.3 is 5.11 Å². The molecular weight excluding hydrogens is 276 g/mol. The van der Waals surface area contributed by atoms with E-state index in [9.17, 15) is 5.11 Å². The largest absolute Gasteiger partial charge is 0.381 e. The maximum absolute atomic E-state index is 10.7. The van der Waals surface area contributed by atoms with Crippen molar-refractivity contribution >= 4 is 15.9 Å². The molecule has 0 aromatic heterocycles. The van der Waals surface area contributed by atoms with Gasteiger partial charge in [0.2, 0.25) is 0 Å². The van der Waals surface area contributed by atoms with Gasteiger partial charge in [-0.25, -0.2) is 0 Å². The van der Waals surface area contributed by atoms with Crippen LogP contribution in [0.1, 0.15) is 23.6 Å². The van der Waals surface area contributed by atoms with E-state index in [1.165, 1.54) is 0 Å². The van der Waals surface area contributed by atoms with Crippen molar-refractivity contribution in [3.05, 3.63) is 69.7 Å². The summed E-state index contributed by atoms with van der Waals surface area (Å²) in [6.07, 6.45) is 0. The van der Waals surface area contributed by atoms with Gasteiger partial charge in [0.25, 0.3) is 0 Å². The predicted octanol–water partition coefficient (Wildman–Crippen LogP) is 4.01. The first kappa shape index (κ1) is 12.3. The Kier molecular flexibility index (Phi) is 3.36. The SMILES string of the molecule is Cc1cccc([C@](C)(O)c2ccccc2)c1Br. The molecule has 0 amide bonds. The standard InChI is InChI=1S/C15H15BrO/c1-11-7-6-10-13(14(11)16)15(2,17)12-8-4-3-5-9-12/h3-10,17H,1-2H3/t15-/m1/s1. The van der Waals surface area contributed by atoms with E-state index in [4.69, 9.17) is 0 Å². The molecule has 0 aliphatic carbocycles. The monoisotopic (exact) mass is 290 g/mol. The van der Waals surface area contributed by atoms with E-state index in [-0.39, 0.29) is 0 Å². The quantitative estimate of drug-likeness (QED) is 0.886. The molecule has 0 aliphatic heterocycles. The van der Waals surface area contributed by atoms with Crippen molar-refractivity contribution in [1.29, 1.82) is 0 Å². The third kappa shape index (κ3) is 2.28. The van der Waals surface area contributed by atoms with Crippen molar-refractivity contribution in [2.75, 3.05) is 0 Å². The Bertz CT molecular complexity index is 518. The van der Waals surface area contributed by atoms with Crippen LogP contribution < -0.4 is 0 Å². The number of hydrogen-bond acceptors (Lipinski definition) is 1. The molecule has 0 radical (unpaired) electrons. The highest BCUT2D eigenvalue weighted by Crippen LogP contribution is 2.35. The number of halogens is 1. The van der Waals surface area contributed by atoms with Crippen LogP contribution in [0.25, 0.3) is 0 Å². The van der Waals surface area contributed by atoms with Crippen molar-refractivity contribution in [2.45, 2.75) is 19.4 Å². The van der Waals surface area contributed by atoms with Gasteiger partial charge in [0.15, 0.2) is 0 Å². The lowest BCUT2D eigenvalue weighted by Crippen LogP contribution is -2.23. The normalized spacial score (nSPS) is 14.4. The third-order valence-corrected chi connectivity index (χ3v) is 4.10. The van der Waals surface area contributed by atoms with E-state index >= 15 is 0 Å². The molecule has 2 rings (SSSR count). The summed E-state index contributed by atoms with van der Waals surface area (Å²) in [6, 6.07) is 15.6. The zero-order valence-corrected chi connectivity index (χ0v) is 11.5. The van der Waals surface area contributed by atoms with Gasteiger partial charge in [-0.05, 0) is 25.0 Å². The topological polar surface area (TPSA) is 20.2 Å². The Labute approximate surface area is 110 Å². The van der Waals surface area contributed by atoms with E-state index in [0.717, 1.165) is 21.2 Å². The zero-order chi connectivity index (χ0) is 12.5. The van der Waals surface area contributed by atoms with E-state index in [2.05, 4.69) is 15.9 Å². The molecule has 2 aromatic carbocycles. The summed E-state index contributed by atoms with van der Waals surface area (Å²) >= 11 is 3.55. The minimum Gasteiger partial charge on any atom is -0.381 e. The second-order valence-electron chi connectivity index (χ2n) is 4.37. The van der Waals surface area contributed by atoms with E-state index < -0.39 is 5.60 Å². The van der Waals surface area contributed by atoms with E-state index in [1.807, 2.05) is 62.4 Å². The molecule has 88 valence electrons. The van der Waals surface area contributed by atoms with Crippen LogP contribution in [0.3, 0.4) is 0 Å². The van der Waals surface area contributed by atoms with Crippen LogP contribution in [0.5, 0.6) is 0 Å². The highest BCUT2D eigenvalue weighted by Gasteiger charge is 2.27. The molecule has 0 spiro atoms.